The van der Waals surface area contributed by atoms with Gasteiger partial charge >= 0.3 is 6.18 Å². The zero-order valence-electron chi connectivity index (χ0n) is 15.6. The highest BCUT2D eigenvalue weighted by molar-refractivity contribution is 5.95. The third-order valence-electron chi connectivity index (χ3n) is 4.55. The van der Waals surface area contributed by atoms with Crippen molar-refractivity contribution in [3.05, 3.63) is 59.1 Å². The van der Waals surface area contributed by atoms with Gasteiger partial charge in [0.1, 0.15) is 11.4 Å². The van der Waals surface area contributed by atoms with Crippen LogP contribution in [0.25, 0.3) is 6.08 Å². The summed E-state index contributed by atoms with van der Waals surface area (Å²) in [4.78, 5) is 14.3. The van der Waals surface area contributed by atoms with E-state index in [1.807, 2.05) is 0 Å². The van der Waals surface area contributed by atoms with Crippen LogP contribution in [0.5, 0.6) is 5.75 Å². The van der Waals surface area contributed by atoms with Crippen LogP contribution in [0.2, 0.25) is 0 Å². The number of amides is 1. The zero-order chi connectivity index (χ0) is 20.3. The Kier molecular flexibility index (Phi) is 5.67. The Morgan fingerprint density at radius 3 is 2.50 bits per heavy atom. The highest BCUT2D eigenvalue weighted by Gasteiger charge is 2.41. The molecule has 0 unspecified atom stereocenters. The summed E-state index contributed by atoms with van der Waals surface area (Å²) in [6, 6.07) is 8.09. The Labute approximate surface area is 161 Å². The van der Waals surface area contributed by atoms with Gasteiger partial charge in [-0.15, -0.1) is 0 Å². The molecule has 0 N–H and O–H groups in total. The normalized spacial score (nSPS) is 14.5. The molecular formula is C20H21F3N2O3. The number of methoxy groups -OCH3 is 1. The van der Waals surface area contributed by atoms with E-state index < -0.39 is 17.6 Å². The van der Waals surface area contributed by atoms with Gasteiger partial charge in [-0.1, -0.05) is 12.1 Å². The second kappa shape index (κ2) is 8.00. The third kappa shape index (κ3) is 4.00. The lowest BCUT2D eigenvalue weighted by Gasteiger charge is -2.30. The first-order valence-electron chi connectivity index (χ1n) is 8.86. The Morgan fingerprint density at radius 1 is 1.18 bits per heavy atom. The van der Waals surface area contributed by atoms with Gasteiger partial charge in [-0.2, -0.15) is 13.2 Å². The molecule has 0 spiro atoms. The van der Waals surface area contributed by atoms with E-state index in [4.69, 9.17) is 9.47 Å². The highest BCUT2D eigenvalue weighted by atomic mass is 19.4. The minimum Gasteiger partial charge on any atom is -0.501 e. The summed E-state index contributed by atoms with van der Waals surface area (Å²) in [5, 5.41) is 0. The molecule has 28 heavy (non-hydrogen) atoms. The van der Waals surface area contributed by atoms with E-state index in [0.717, 1.165) is 11.6 Å². The summed E-state index contributed by atoms with van der Waals surface area (Å²) in [6.07, 6.45) is -1.82. The minimum atomic E-state index is -4.62. The number of halogens is 3. The first kappa shape index (κ1) is 19.9. The van der Waals surface area contributed by atoms with Crippen molar-refractivity contribution in [2.45, 2.75) is 26.2 Å². The van der Waals surface area contributed by atoms with Gasteiger partial charge in [-0.3, -0.25) is 4.79 Å². The van der Waals surface area contributed by atoms with Gasteiger partial charge in [0.05, 0.1) is 25.5 Å². The highest BCUT2D eigenvalue weighted by Crippen LogP contribution is 2.36. The number of rotatable bonds is 6. The molecular weight excluding hydrogens is 373 g/mol. The molecule has 8 heteroatoms. The first-order chi connectivity index (χ1) is 13.3. The van der Waals surface area contributed by atoms with Crippen LogP contribution >= 0.6 is 0 Å². The van der Waals surface area contributed by atoms with Gasteiger partial charge < -0.3 is 18.9 Å². The molecule has 0 fully saturated rings. The molecule has 1 aliphatic heterocycles. The van der Waals surface area contributed by atoms with E-state index in [0.29, 0.717) is 24.6 Å². The summed E-state index contributed by atoms with van der Waals surface area (Å²) < 4.78 is 52.2. The number of hydrogen-bond acceptors (Lipinski definition) is 3. The fourth-order valence-corrected chi connectivity index (χ4v) is 3.18. The smallest absolute Gasteiger partial charge is 0.418 e. The van der Waals surface area contributed by atoms with Crippen LogP contribution < -0.4 is 4.74 Å². The summed E-state index contributed by atoms with van der Waals surface area (Å²) in [7, 11) is 1.55. The molecule has 1 aromatic carbocycles. The summed E-state index contributed by atoms with van der Waals surface area (Å²) in [6.45, 7) is 3.01. The van der Waals surface area contributed by atoms with Crippen molar-refractivity contribution in [2.24, 2.45) is 0 Å². The van der Waals surface area contributed by atoms with E-state index in [2.05, 4.69) is 0 Å². The van der Waals surface area contributed by atoms with E-state index in [1.165, 1.54) is 21.8 Å². The number of fused-ring (bicyclic) bond motifs is 1. The van der Waals surface area contributed by atoms with Crippen molar-refractivity contribution < 1.29 is 27.4 Å². The lowest BCUT2D eigenvalue weighted by Crippen LogP contribution is -2.40. The van der Waals surface area contributed by atoms with Gasteiger partial charge in [0.2, 0.25) is 0 Å². The molecule has 2 heterocycles. The molecule has 1 amide bonds. The van der Waals surface area contributed by atoms with E-state index in [9.17, 15) is 18.0 Å². The van der Waals surface area contributed by atoms with Crippen molar-refractivity contribution in [2.75, 3.05) is 20.3 Å². The molecule has 1 aliphatic rings. The van der Waals surface area contributed by atoms with E-state index >= 15 is 0 Å². The largest absolute Gasteiger partial charge is 0.501 e. The van der Waals surface area contributed by atoms with Crippen LogP contribution in [-0.2, 0) is 24.0 Å². The zero-order valence-corrected chi connectivity index (χ0v) is 15.6. The van der Waals surface area contributed by atoms with Gasteiger partial charge in [-0.25, -0.2) is 0 Å². The fourth-order valence-electron chi connectivity index (χ4n) is 3.18. The second-order valence-corrected chi connectivity index (χ2v) is 6.31. The molecule has 0 radical (unpaired) electrons. The average Bonchev–Trinajstić information content (AvgIpc) is 3.05. The number of nitrogens with zero attached hydrogens (tertiary/aromatic N) is 2. The number of hydrogen-bond donors (Lipinski definition) is 0. The van der Waals surface area contributed by atoms with E-state index in [1.54, 1.807) is 38.3 Å². The molecule has 150 valence electrons. The topological polar surface area (TPSA) is 43.7 Å². The van der Waals surface area contributed by atoms with Crippen molar-refractivity contribution in [1.29, 1.82) is 0 Å². The lowest BCUT2D eigenvalue weighted by atomic mass is 10.1. The molecule has 1 aromatic heterocycles. The molecule has 0 saturated carbocycles. The molecule has 0 atom stereocenters. The number of alkyl halides is 3. The van der Waals surface area contributed by atoms with Gasteiger partial charge in [0, 0.05) is 25.3 Å². The lowest BCUT2D eigenvalue weighted by molar-refractivity contribution is -0.138. The summed E-state index contributed by atoms with van der Waals surface area (Å²) >= 11 is 0. The maximum Gasteiger partial charge on any atom is 0.418 e. The summed E-state index contributed by atoms with van der Waals surface area (Å²) in [5.74, 6) is 0.0399. The average molecular weight is 394 g/mol. The van der Waals surface area contributed by atoms with Gasteiger partial charge in [0.15, 0.2) is 0 Å². The van der Waals surface area contributed by atoms with Crippen LogP contribution in [0.3, 0.4) is 0 Å². The number of carbonyl (C=O) groups excluding carboxylic acids is 1. The number of aromatic nitrogens is 1. The standard InChI is InChI=1S/C20H21F3N2O3/c1-3-28-11-8-15-12-17(20(21,22)23)18-19(26)24(9-10-25(15)18)13-14-4-6-16(27-2)7-5-14/h4-8,11-12H,3,9-10,13H2,1-2H3. The van der Waals surface area contributed by atoms with Crippen LogP contribution in [0.1, 0.15) is 34.2 Å². The van der Waals surface area contributed by atoms with Crippen molar-refractivity contribution >= 4 is 12.0 Å². The Morgan fingerprint density at radius 2 is 1.89 bits per heavy atom. The number of ether oxygens (including phenoxy) is 2. The van der Waals surface area contributed by atoms with E-state index in [-0.39, 0.29) is 18.8 Å². The molecule has 0 aliphatic carbocycles. The van der Waals surface area contributed by atoms with Crippen LogP contribution in [0.4, 0.5) is 13.2 Å². The van der Waals surface area contributed by atoms with Gasteiger partial charge in [-0.05, 0) is 36.8 Å². The number of carbonyl (C=O) groups is 1. The molecule has 2 aromatic rings. The third-order valence-corrected chi connectivity index (χ3v) is 4.55. The maximum atomic E-state index is 13.5. The van der Waals surface area contributed by atoms with Gasteiger partial charge in [0.25, 0.3) is 5.91 Å². The molecule has 5 nitrogen and oxygen atoms in total. The van der Waals surface area contributed by atoms with Crippen molar-refractivity contribution in [3.63, 3.8) is 0 Å². The quantitative estimate of drug-likeness (QED) is 0.691. The van der Waals surface area contributed by atoms with Crippen molar-refractivity contribution in [1.82, 2.24) is 9.47 Å². The Bertz CT molecular complexity index is 870. The second-order valence-electron chi connectivity index (χ2n) is 6.31. The van der Waals surface area contributed by atoms with Crippen LogP contribution in [-0.4, -0.2) is 35.6 Å². The predicted molar refractivity (Wildman–Crippen MR) is 97.8 cm³/mol. The molecule has 0 bridgehead atoms. The minimum absolute atomic E-state index is 0.232. The summed E-state index contributed by atoms with van der Waals surface area (Å²) in [5.41, 5.74) is -0.135. The van der Waals surface area contributed by atoms with Crippen LogP contribution in [0.15, 0.2) is 36.6 Å². The SMILES string of the molecule is CCOC=Cc1cc(C(F)(F)F)c2n1CCN(Cc1ccc(OC)cc1)C2=O. The monoisotopic (exact) mass is 394 g/mol. The van der Waals surface area contributed by atoms with Crippen LogP contribution in [0, 0.1) is 0 Å². The maximum absolute atomic E-state index is 13.5. The molecule has 0 saturated heterocycles. The predicted octanol–water partition coefficient (Wildman–Crippen LogP) is 4.18. The Balaban J connectivity index is 1.91. The number of benzene rings is 1. The first-order valence-corrected chi connectivity index (χ1v) is 8.86. The Hall–Kier alpha value is -2.90. The van der Waals surface area contributed by atoms with Crippen molar-refractivity contribution in [3.8, 4) is 5.75 Å². The fraction of sp³-hybridized carbons (Fsp3) is 0.350. The molecule has 3 rings (SSSR count).